The third-order valence-electron chi connectivity index (χ3n) is 4.72. The minimum atomic E-state index is 0.263. The second kappa shape index (κ2) is 5.96. The maximum absolute atomic E-state index is 6.08. The van der Waals surface area contributed by atoms with E-state index in [1.807, 2.05) is 0 Å². The summed E-state index contributed by atoms with van der Waals surface area (Å²) in [6.45, 7) is 5.47. The molecule has 1 aliphatic heterocycles. The topological polar surface area (TPSA) is 42.2 Å². The van der Waals surface area contributed by atoms with Gasteiger partial charge >= 0.3 is 0 Å². The van der Waals surface area contributed by atoms with Gasteiger partial charge < -0.3 is 9.32 Å². The quantitative estimate of drug-likeness (QED) is 0.691. The second-order valence-corrected chi connectivity index (χ2v) is 7.24. The van der Waals surface area contributed by atoms with E-state index in [0.717, 1.165) is 42.2 Å². The van der Waals surface area contributed by atoms with Crippen molar-refractivity contribution in [1.82, 2.24) is 9.97 Å². The molecule has 4 heterocycles. The van der Waals surface area contributed by atoms with E-state index in [2.05, 4.69) is 52.3 Å². The lowest BCUT2D eigenvalue weighted by Crippen LogP contribution is -2.36. The molecule has 0 N–H and O–H groups in total. The van der Waals surface area contributed by atoms with E-state index in [-0.39, 0.29) is 6.04 Å². The van der Waals surface area contributed by atoms with E-state index in [4.69, 9.17) is 4.42 Å². The number of furan rings is 1. The minimum absolute atomic E-state index is 0.263. The maximum atomic E-state index is 6.08. The molecule has 2 atom stereocenters. The molecule has 120 valence electrons. The highest BCUT2D eigenvalue weighted by molar-refractivity contribution is 7.17. The third-order valence-corrected chi connectivity index (χ3v) is 5.62. The Kier molecular flexibility index (Phi) is 3.81. The van der Waals surface area contributed by atoms with Gasteiger partial charge in [0.05, 0.1) is 16.3 Å². The molecule has 2 unspecified atom stereocenters. The zero-order valence-electron chi connectivity index (χ0n) is 13.5. The number of hydrogen-bond donors (Lipinski definition) is 0. The molecule has 0 spiro atoms. The summed E-state index contributed by atoms with van der Waals surface area (Å²) in [5.41, 5.74) is 1.03. The van der Waals surface area contributed by atoms with E-state index in [0.29, 0.717) is 5.92 Å². The Morgan fingerprint density at radius 1 is 1.30 bits per heavy atom. The molecule has 3 aromatic rings. The summed E-state index contributed by atoms with van der Waals surface area (Å²) in [5, 5.41) is 2.09. The molecule has 23 heavy (non-hydrogen) atoms. The van der Waals surface area contributed by atoms with Crippen molar-refractivity contribution in [3.63, 3.8) is 0 Å². The summed E-state index contributed by atoms with van der Waals surface area (Å²) >= 11 is 1.72. The predicted octanol–water partition coefficient (Wildman–Crippen LogP) is 4.82. The van der Waals surface area contributed by atoms with Gasteiger partial charge in [-0.1, -0.05) is 13.8 Å². The van der Waals surface area contributed by atoms with Crippen LogP contribution in [0.2, 0.25) is 0 Å². The Balaban J connectivity index is 1.76. The van der Waals surface area contributed by atoms with Crippen LogP contribution in [-0.2, 0) is 6.42 Å². The van der Waals surface area contributed by atoms with E-state index in [1.54, 1.807) is 17.7 Å². The number of aryl methyl sites for hydroxylation is 1. The summed E-state index contributed by atoms with van der Waals surface area (Å²) in [4.78, 5) is 11.4. The molecule has 3 aromatic heterocycles. The van der Waals surface area contributed by atoms with Gasteiger partial charge in [-0.25, -0.2) is 9.97 Å². The number of hydrogen-bond acceptors (Lipinski definition) is 5. The lowest BCUT2D eigenvalue weighted by molar-refractivity contribution is 0.321. The van der Waals surface area contributed by atoms with Gasteiger partial charge in [0.15, 0.2) is 5.82 Å². The first kappa shape index (κ1) is 14.7. The highest BCUT2D eigenvalue weighted by Crippen LogP contribution is 2.40. The third kappa shape index (κ3) is 2.63. The van der Waals surface area contributed by atoms with Crippen LogP contribution in [0.4, 0.5) is 5.82 Å². The van der Waals surface area contributed by atoms with Crippen molar-refractivity contribution in [1.29, 1.82) is 0 Å². The Labute approximate surface area is 140 Å². The molecule has 4 nitrogen and oxygen atoms in total. The molecular formula is C18H21N3OS. The molecule has 0 amide bonds. The van der Waals surface area contributed by atoms with E-state index in [1.165, 1.54) is 11.1 Å². The highest BCUT2D eigenvalue weighted by atomic mass is 32.1. The largest absolute Gasteiger partial charge is 0.464 e. The number of thiophene rings is 1. The van der Waals surface area contributed by atoms with Crippen molar-refractivity contribution in [2.45, 2.75) is 39.2 Å². The fraction of sp³-hybridized carbons (Fsp3) is 0.444. The molecule has 0 aromatic carbocycles. The van der Waals surface area contributed by atoms with Gasteiger partial charge in [0.2, 0.25) is 0 Å². The first-order valence-corrected chi connectivity index (χ1v) is 9.17. The first-order valence-electron chi connectivity index (χ1n) is 8.29. The molecule has 4 rings (SSSR count). The lowest BCUT2D eigenvalue weighted by atomic mass is 9.91. The Morgan fingerprint density at radius 2 is 2.22 bits per heavy atom. The molecule has 0 saturated carbocycles. The molecule has 1 fully saturated rings. The summed E-state index contributed by atoms with van der Waals surface area (Å²) in [5.74, 6) is 3.88. The van der Waals surface area contributed by atoms with Crippen LogP contribution in [0.15, 0.2) is 34.3 Å². The van der Waals surface area contributed by atoms with Gasteiger partial charge in [0, 0.05) is 13.0 Å². The smallest absolute Gasteiger partial charge is 0.150 e. The van der Waals surface area contributed by atoms with Gasteiger partial charge in [-0.15, -0.1) is 11.3 Å². The number of aromatic nitrogens is 2. The molecular weight excluding hydrogens is 306 g/mol. The fourth-order valence-electron chi connectivity index (χ4n) is 3.41. The van der Waals surface area contributed by atoms with Crippen LogP contribution in [0.5, 0.6) is 0 Å². The number of piperidine rings is 1. The summed E-state index contributed by atoms with van der Waals surface area (Å²) < 4.78 is 7.26. The van der Waals surface area contributed by atoms with Crippen LogP contribution in [0.1, 0.15) is 44.3 Å². The van der Waals surface area contributed by atoms with Crippen LogP contribution in [0, 0.1) is 5.92 Å². The fourth-order valence-corrected chi connectivity index (χ4v) is 4.26. The van der Waals surface area contributed by atoms with Crippen LogP contribution in [0.25, 0.3) is 10.2 Å². The van der Waals surface area contributed by atoms with E-state index < -0.39 is 0 Å². The van der Waals surface area contributed by atoms with Gasteiger partial charge in [-0.2, -0.15) is 0 Å². The van der Waals surface area contributed by atoms with Gasteiger partial charge in [-0.05, 0) is 42.3 Å². The highest BCUT2D eigenvalue weighted by Gasteiger charge is 2.32. The molecule has 0 aliphatic carbocycles. The van der Waals surface area contributed by atoms with E-state index in [9.17, 15) is 0 Å². The number of rotatable bonds is 3. The van der Waals surface area contributed by atoms with Crippen molar-refractivity contribution in [2.75, 3.05) is 11.4 Å². The van der Waals surface area contributed by atoms with Crippen molar-refractivity contribution in [3.05, 3.63) is 41.4 Å². The summed E-state index contributed by atoms with van der Waals surface area (Å²) in [7, 11) is 0. The number of anilines is 1. The standard InChI is InChI=1S/C18H21N3OS/c1-3-13-4-5-16(22-13)15-10-12(2)6-8-21(15)18-17-14(7-9-23-17)19-11-20-18/h4-5,7,9,11-12,15H,3,6,8,10H2,1-2H3. The van der Waals surface area contributed by atoms with Crippen molar-refractivity contribution in [3.8, 4) is 0 Å². The molecule has 0 radical (unpaired) electrons. The normalized spacial score (nSPS) is 21.9. The SMILES string of the molecule is CCc1ccc(C2CC(C)CCN2c2ncnc3ccsc23)o1. The molecule has 1 aliphatic rings. The predicted molar refractivity (Wildman–Crippen MR) is 94.0 cm³/mol. The summed E-state index contributed by atoms with van der Waals surface area (Å²) in [6, 6.07) is 6.57. The van der Waals surface area contributed by atoms with Gasteiger partial charge in [0.1, 0.15) is 17.8 Å². The molecule has 0 bridgehead atoms. The average Bonchev–Trinajstić information content (AvgIpc) is 3.23. The zero-order valence-corrected chi connectivity index (χ0v) is 14.3. The van der Waals surface area contributed by atoms with Crippen LogP contribution in [-0.4, -0.2) is 16.5 Å². The monoisotopic (exact) mass is 327 g/mol. The lowest BCUT2D eigenvalue weighted by Gasteiger charge is -2.38. The molecule has 1 saturated heterocycles. The average molecular weight is 327 g/mol. The van der Waals surface area contributed by atoms with Crippen LogP contribution in [0.3, 0.4) is 0 Å². The number of nitrogens with zero attached hydrogens (tertiary/aromatic N) is 3. The minimum Gasteiger partial charge on any atom is -0.464 e. The number of fused-ring (bicyclic) bond motifs is 1. The maximum Gasteiger partial charge on any atom is 0.150 e. The van der Waals surface area contributed by atoms with Crippen LogP contribution < -0.4 is 4.90 Å². The van der Waals surface area contributed by atoms with E-state index >= 15 is 0 Å². The zero-order chi connectivity index (χ0) is 15.8. The first-order chi connectivity index (χ1) is 11.3. The van der Waals surface area contributed by atoms with Crippen LogP contribution >= 0.6 is 11.3 Å². The van der Waals surface area contributed by atoms with Gasteiger partial charge in [0.25, 0.3) is 0 Å². The van der Waals surface area contributed by atoms with Crippen molar-refractivity contribution < 1.29 is 4.42 Å². The van der Waals surface area contributed by atoms with Gasteiger partial charge in [-0.3, -0.25) is 0 Å². The summed E-state index contributed by atoms with van der Waals surface area (Å²) in [6.07, 6.45) is 4.91. The second-order valence-electron chi connectivity index (χ2n) is 6.33. The van der Waals surface area contributed by atoms with Crippen molar-refractivity contribution >= 4 is 27.4 Å². The molecule has 5 heteroatoms. The van der Waals surface area contributed by atoms with Crippen molar-refractivity contribution in [2.24, 2.45) is 5.92 Å². The Hall–Kier alpha value is -1.88. The Bertz CT molecular complexity index is 809. The Morgan fingerprint density at radius 3 is 3.04 bits per heavy atom.